The fraction of sp³-hybridized carbons (Fsp3) is 0.688. The highest BCUT2D eigenvalue weighted by atomic mass is 16.7. The van der Waals surface area contributed by atoms with Crippen molar-refractivity contribution in [3.8, 4) is 0 Å². The van der Waals surface area contributed by atoms with E-state index >= 15 is 0 Å². The molecule has 1 unspecified atom stereocenters. The van der Waals surface area contributed by atoms with Gasteiger partial charge in [0.1, 0.15) is 18.8 Å². The first-order valence-corrected chi connectivity index (χ1v) is 7.94. The van der Waals surface area contributed by atoms with Gasteiger partial charge < -0.3 is 29.0 Å². The predicted molar refractivity (Wildman–Crippen MR) is 85.8 cm³/mol. The summed E-state index contributed by atoms with van der Waals surface area (Å²) in [6.07, 6.45) is -5.24. The molecule has 1 saturated heterocycles. The van der Waals surface area contributed by atoms with Gasteiger partial charge in [0.05, 0.1) is 0 Å². The highest BCUT2D eigenvalue weighted by molar-refractivity contribution is 5.74. The average molecular weight is 390 g/mol. The fourth-order valence-electron chi connectivity index (χ4n) is 2.51. The summed E-state index contributed by atoms with van der Waals surface area (Å²) >= 11 is 0. The van der Waals surface area contributed by atoms with Crippen molar-refractivity contribution in [2.75, 3.05) is 6.61 Å². The van der Waals surface area contributed by atoms with Gasteiger partial charge in [0.15, 0.2) is 12.2 Å². The molecule has 0 aromatic rings. The first-order chi connectivity index (χ1) is 13.0. The minimum atomic E-state index is -1.45. The summed E-state index contributed by atoms with van der Waals surface area (Å²) in [6, 6.07) is -1.27. The molecule has 1 aliphatic heterocycles. The molecule has 0 spiro atoms. The van der Waals surface area contributed by atoms with Crippen LogP contribution in [0.1, 0.15) is 36.0 Å². The summed E-state index contributed by atoms with van der Waals surface area (Å²) in [6.45, 7) is 3.36. The van der Waals surface area contributed by atoms with Crippen LogP contribution in [0.5, 0.6) is 0 Å². The molecule has 0 aromatic carbocycles. The van der Waals surface area contributed by atoms with Gasteiger partial charge in [-0.05, 0) is 0 Å². The van der Waals surface area contributed by atoms with E-state index in [1.165, 1.54) is 0 Å². The van der Waals surface area contributed by atoms with E-state index in [9.17, 15) is 24.0 Å². The van der Waals surface area contributed by atoms with Crippen LogP contribution in [-0.4, -0.2) is 67.0 Å². The monoisotopic (exact) mass is 390 g/mol. The first kappa shape index (κ1) is 20.6. The Bertz CT molecular complexity index is 625. The molecule has 1 amide bonds. The maximum atomic E-state index is 11.8. The van der Waals surface area contributed by atoms with Crippen LogP contribution < -0.4 is 5.32 Å². The Labute approximate surface area is 157 Å². The third-order valence-corrected chi connectivity index (χ3v) is 3.31. The van der Waals surface area contributed by atoms with Crippen LogP contribution in [0.4, 0.5) is 0 Å². The summed E-state index contributed by atoms with van der Waals surface area (Å²) in [5, 5.41) is 2.36. The zero-order valence-electron chi connectivity index (χ0n) is 16.4. The first-order valence-electron chi connectivity index (χ1n) is 8.65. The van der Waals surface area contributed by atoms with Gasteiger partial charge in [0.25, 0.3) is 0 Å². The van der Waals surface area contributed by atoms with Crippen molar-refractivity contribution < 1.29 is 49.0 Å². The zero-order valence-corrected chi connectivity index (χ0v) is 15.4. The highest BCUT2D eigenvalue weighted by Crippen LogP contribution is 2.28. The van der Waals surface area contributed by atoms with Crippen LogP contribution in [0.2, 0.25) is 0 Å². The molecule has 0 aliphatic carbocycles. The Balaban J connectivity index is 3.31. The third kappa shape index (κ3) is 7.21. The average Bonchev–Trinajstić information content (AvgIpc) is 2.56. The van der Waals surface area contributed by atoms with Crippen LogP contribution in [0.25, 0.3) is 0 Å². The molecule has 0 aromatic heterocycles. The summed E-state index contributed by atoms with van der Waals surface area (Å²) in [4.78, 5) is 57.5. The topological polar surface area (TPSA) is 144 Å². The van der Waals surface area contributed by atoms with E-state index in [2.05, 4.69) is 5.32 Å². The van der Waals surface area contributed by atoms with E-state index in [-0.39, 0.29) is 0 Å². The summed E-state index contributed by atoms with van der Waals surface area (Å²) in [5.41, 5.74) is 0. The van der Waals surface area contributed by atoms with Crippen LogP contribution >= 0.6 is 0 Å². The van der Waals surface area contributed by atoms with Gasteiger partial charge in [-0.1, -0.05) is 0 Å². The number of carbonyl (C=O) groups is 5. The number of carbonyl (C=O) groups excluding carboxylic acids is 5. The normalized spacial score (nSPS) is 27.6. The number of rotatable bonds is 6. The molecular formula is C16H23NO10. The molecule has 0 radical (unpaired) electrons. The second kappa shape index (κ2) is 9.86. The Kier molecular flexibility index (Phi) is 7.53. The quantitative estimate of drug-likeness (QED) is 0.452. The van der Waals surface area contributed by atoms with E-state index in [0.29, 0.717) is 0 Å². The van der Waals surface area contributed by atoms with Gasteiger partial charge in [0.2, 0.25) is 12.2 Å². The summed E-state index contributed by atoms with van der Waals surface area (Å²) in [7, 11) is 0. The van der Waals surface area contributed by atoms with Crippen molar-refractivity contribution in [2.24, 2.45) is 0 Å². The minimum absolute atomic E-state index is 0.401. The molecule has 1 rings (SSSR count). The molecular weight excluding hydrogens is 366 g/mol. The number of hydrogen-bond donors (Lipinski definition) is 1. The van der Waals surface area contributed by atoms with E-state index in [1.807, 2.05) is 0 Å². The van der Waals surface area contributed by atoms with Crippen molar-refractivity contribution in [1.82, 2.24) is 5.32 Å². The second-order valence-electron chi connectivity index (χ2n) is 5.70. The smallest absolute Gasteiger partial charge is 0.305 e. The van der Waals surface area contributed by atoms with Crippen LogP contribution in [0.15, 0.2) is 0 Å². The largest absolute Gasteiger partial charge is 0.463 e. The maximum Gasteiger partial charge on any atom is 0.305 e. The zero-order chi connectivity index (χ0) is 21.4. The molecule has 27 heavy (non-hydrogen) atoms. The molecule has 1 aliphatic rings. The molecule has 152 valence electrons. The minimum Gasteiger partial charge on any atom is -0.463 e. The van der Waals surface area contributed by atoms with Gasteiger partial charge in [0, 0.05) is 36.0 Å². The number of hydrogen-bond acceptors (Lipinski definition) is 10. The Morgan fingerprint density at radius 2 is 1.44 bits per heavy atom. The molecule has 11 heteroatoms. The van der Waals surface area contributed by atoms with Gasteiger partial charge in [-0.3, -0.25) is 24.0 Å². The predicted octanol–water partition coefficient (Wildman–Crippen LogP) is -0.794. The lowest BCUT2D eigenvalue weighted by Crippen LogP contribution is -2.66. The lowest BCUT2D eigenvalue weighted by Gasteiger charge is -2.44. The van der Waals surface area contributed by atoms with Crippen molar-refractivity contribution in [3.63, 3.8) is 0 Å². The lowest BCUT2D eigenvalue weighted by atomic mass is 9.96. The van der Waals surface area contributed by atoms with Crippen LogP contribution in [0, 0.1) is 0 Å². The molecule has 1 N–H and O–H groups in total. The van der Waals surface area contributed by atoms with Gasteiger partial charge in [-0.15, -0.1) is 0 Å². The van der Waals surface area contributed by atoms with Gasteiger partial charge in [-0.2, -0.15) is 0 Å². The van der Waals surface area contributed by atoms with E-state index in [1.54, 1.807) is 0 Å². The van der Waals surface area contributed by atoms with Crippen LogP contribution in [0.3, 0.4) is 0 Å². The lowest BCUT2D eigenvalue weighted by molar-refractivity contribution is -0.270. The number of amides is 1. The van der Waals surface area contributed by atoms with E-state index in [4.69, 9.17) is 25.1 Å². The van der Waals surface area contributed by atoms with Crippen molar-refractivity contribution in [3.05, 3.63) is 0 Å². The molecule has 5 atom stereocenters. The van der Waals surface area contributed by atoms with Crippen molar-refractivity contribution >= 4 is 29.8 Å². The second-order valence-corrected chi connectivity index (χ2v) is 5.70. The van der Waals surface area contributed by atoms with Gasteiger partial charge in [-0.25, -0.2) is 0 Å². The Hall–Kier alpha value is -2.69. The highest BCUT2D eigenvalue weighted by Gasteiger charge is 2.52. The molecule has 11 nitrogen and oxygen atoms in total. The molecule has 0 saturated carbocycles. The van der Waals surface area contributed by atoms with Gasteiger partial charge >= 0.3 is 23.9 Å². The van der Waals surface area contributed by atoms with Crippen molar-refractivity contribution in [2.45, 2.75) is 65.2 Å². The SMILES string of the molecule is [2H]CC(=O)N[C@H]1C(OC(C)=O)O[C@H](COC(C)=O)[C@@H](OC(C)=O)[C@@H]1OC(C)=O. The van der Waals surface area contributed by atoms with Crippen LogP contribution in [-0.2, 0) is 47.7 Å². The fourth-order valence-corrected chi connectivity index (χ4v) is 2.51. The summed E-state index contributed by atoms with van der Waals surface area (Å²) < 4.78 is 33.0. The molecule has 1 fully saturated rings. The van der Waals surface area contributed by atoms with E-state index < -0.39 is 73.9 Å². The third-order valence-electron chi connectivity index (χ3n) is 3.31. The number of nitrogens with one attached hydrogen (secondary N) is 1. The molecule has 1 heterocycles. The number of ether oxygens (including phenoxy) is 5. The maximum absolute atomic E-state index is 11.8. The Morgan fingerprint density at radius 1 is 0.889 bits per heavy atom. The molecule has 0 bridgehead atoms. The summed E-state index contributed by atoms with van der Waals surface area (Å²) in [5.74, 6) is -3.73. The standard InChI is InChI=1S/C16H23NO10/c1-7(18)17-13-15(25-10(4)21)14(24-9(3)20)12(6-23-8(2)19)27-16(13)26-11(5)22/h12-16H,6H2,1-5H3,(H,17,18)/t12-,13-,14-,15-,16?/m1/s1/i1D. The Morgan fingerprint density at radius 3 is 1.93 bits per heavy atom. The van der Waals surface area contributed by atoms with E-state index in [0.717, 1.165) is 27.7 Å². The number of esters is 4. The van der Waals surface area contributed by atoms with Crippen molar-refractivity contribution in [1.29, 1.82) is 0 Å².